The number of rotatable bonds is 3. The normalized spacial score (nSPS) is 10.5. The van der Waals surface area contributed by atoms with Gasteiger partial charge in [-0.25, -0.2) is 14.0 Å². The minimum atomic E-state index is -1.23. The van der Waals surface area contributed by atoms with E-state index in [2.05, 4.69) is 0 Å². The van der Waals surface area contributed by atoms with Crippen molar-refractivity contribution >= 4 is 18.0 Å². The molecule has 2 N–H and O–H groups in total. The second-order valence-electron chi connectivity index (χ2n) is 2.71. The van der Waals surface area contributed by atoms with Gasteiger partial charge < -0.3 is 10.2 Å². The predicted molar refractivity (Wildman–Crippen MR) is 50.0 cm³/mol. The van der Waals surface area contributed by atoms with E-state index in [-0.39, 0.29) is 11.1 Å². The third-order valence-electron chi connectivity index (χ3n) is 1.65. The van der Waals surface area contributed by atoms with Gasteiger partial charge in [0.15, 0.2) is 0 Å². The Bertz CT molecular complexity index is 437. The van der Waals surface area contributed by atoms with E-state index < -0.39 is 17.8 Å². The van der Waals surface area contributed by atoms with Crippen LogP contribution in [0.3, 0.4) is 0 Å². The van der Waals surface area contributed by atoms with Crippen molar-refractivity contribution in [3.05, 3.63) is 41.2 Å². The van der Waals surface area contributed by atoms with Gasteiger partial charge in [0.1, 0.15) is 5.82 Å². The number of hydrogen-bond acceptors (Lipinski definition) is 2. The molecule has 0 heterocycles. The molecule has 0 aliphatic carbocycles. The van der Waals surface area contributed by atoms with Gasteiger partial charge in [0, 0.05) is 11.6 Å². The van der Waals surface area contributed by atoms with Gasteiger partial charge in [-0.2, -0.15) is 0 Å². The molecule has 0 amide bonds. The molecule has 0 aliphatic rings. The molecule has 0 saturated carbocycles. The molecule has 0 spiro atoms. The Kier molecular flexibility index (Phi) is 3.17. The third kappa shape index (κ3) is 2.91. The molecule has 5 heteroatoms. The Labute approximate surface area is 84.3 Å². The standard InChI is InChI=1S/C10H7FO4/c11-8-3-1-7(10(14)15)5-6(8)2-4-9(12)13/h1-5H,(H,12,13)(H,14,15). The van der Waals surface area contributed by atoms with E-state index in [0.717, 1.165) is 30.4 Å². The maximum absolute atomic E-state index is 13.0. The predicted octanol–water partition coefficient (Wildman–Crippen LogP) is 1.62. The highest BCUT2D eigenvalue weighted by atomic mass is 19.1. The van der Waals surface area contributed by atoms with Gasteiger partial charge in [-0.1, -0.05) is 0 Å². The van der Waals surface area contributed by atoms with Crippen LogP contribution in [0.5, 0.6) is 0 Å². The van der Waals surface area contributed by atoms with E-state index in [1.54, 1.807) is 0 Å². The zero-order valence-electron chi connectivity index (χ0n) is 7.48. The number of carboxylic acids is 2. The van der Waals surface area contributed by atoms with Crippen molar-refractivity contribution in [1.82, 2.24) is 0 Å². The lowest BCUT2D eigenvalue weighted by molar-refractivity contribution is -0.131. The van der Waals surface area contributed by atoms with Gasteiger partial charge in [-0.15, -0.1) is 0 Å². The van der Waals surface area contributed by atoms with Crippen LogP contribution >= 0.6 is 0 Å². The minimum absolute atomic E-state index is 0.0719. The van der Waals surface area contributed by atoms with E-state index in [9.17, 15) is 14.0 Å². The summed E-state index contributed by atoms with van der Waals surface area (Å²) in [7, 11) is 0. The molecule has 1 aromatic carbocycles. The summed E-state index contributed by atoms with van der Waals surface area (Å²) in [5.74, 6) is -3.09. The Hall–Kier alpha value is -2.17. The summed E-state index contributed by atoms with van der Waals surface area (Å²) in [5, 5.41) is 16.9. The first kappa shape index (κ1) is 10.9. The quantitative estimate of drug-likeness (QED) is 0.743. The van der Waals surface area contributed by atoms with Crippen molar-refractivity contribution in [1.29, 1.82) is 0 Å². The van der Waals surface area contributed by atoms with E-state index in [1.807, 2.05) is 0 Å². The van der Waals surface area contributed by atoms with Crippen LogP contribution < -0.4 is 0 Å². The van der Waals surface area contributed by atoms with Crippen LogP contribution in [0.4, 0.5) is 4.39 Å². The second kappa shape index (κ2) is 4.36. The van der Waals surface area contributed by atoms with E-state index in [1.165, 1.54) is 0 Å². The monoisotopic (exact) mass is 210 g/mol. The molecule has 0 atom stereocenters. The Morgan fingerprint density at radius 2 is 1.93 bits per heavy atom. The summed E-state index contributed by atoms with van der Waals surface area (Å²) in [5.41, 5.74) is -0.168. The summed E-state index contributed by atoms with van der Waals surface area (Å²) < 4.78 is 13.0. The van der Waals surface area contributed by atoms with Crippen LogP contribution in [-0.4, -0.2) is 22.2 Å². The van der Waals surface area contributed by atoms with Crippen LogP contribution in [0.2, 0.25) is 0 Å². The lowest BCUT2D eigenvalue weighted by Crippen LogP contribution is -1.97. The van der Waals surface area contributed by atoms with E-state index >= 15 is 0 Å². The van der Waals surface area contributed by atoms with E-state index in [0.29, 0.717) is 0 Å². The lowest BCUT2D eigenvalue weighted by Gasteiger charge is -1.98. The SMILES string of the molecule is O=C(O)C=Cc1cc(C(=O)O)ccc1F. The molecule has 15 heavy (non-hydrogen) atoms. The Morgan fingerprint density at radius 3 is 2.47 bits per heavy atom. The van der Waals surface area contributed by atoms with Gasteiger partial charge in [0.2, 0.25) is 0 Å². The molecule has 1 rings (SSSR count). The molecule has 0 radical (unpaired) electrons. The average Bonchev–Trinajstić information content (AvgIpc) is 2.16. The topological polar surface area (TPSA) is 74.6 Å². The molecule has 1 aromatic rings. The molecule has 0 saturated heterocycles. The molecule has 0 bridgehead atoms. The number of benzene rings is 1. The van der Waals surface area contributed by atoms with Crippen molar-refractivity contribution in [3.63, 3.8) is 0 Å². The molecule has 4 nitrogen and oxygen atoms in total. The molecule has 0 fully saturated rings. The molecule has 0 aliphatic heterocycles. The number of carboxylic acid groups (broad SMARTS) is 2. The van der Waals surface area contributed by atoms with Crippen LogP contribution in [-0.2, 0) is 4.79 Å². The van der Waals surface area contributed by atoms with Crippen molar-refractivity contribution in [3.8, 4) is 0 Å². The smallest absolute Gasteiger partial charge is 0.335 e. The maximum Gasteiger partial charge on any atom is 0.335 e. The summed E-state index contributed by atoms with van der Waals surface area (Å²) in [6.07, 6.45) is 1.74. The average molecular weight is 210 g/mol. The molecular formula is C10H7FO4. The third-order valence-corrected chi connectivity index (χ3v) is 1.65. The van der Waals surface area contributed by atoms with Crippen molar-refractivity contribution < 1.29 is 24.2 Å². The summed E-state index contributed by atoms with van der Waals surface area (Å²) in [6, 6.07) is 3.15. The van der Waals surface area contributed by atoms with Crippen LogP contribution in [0, 0.1) is 5.82 Å². The highest BCUT2D eigenvalue weighted by molar-refractivity contribution is 5.89. The van der Waals surface area contributed by atoms with Crippen molar-refractivity contribution in [2.75, 3.05) is 0 Å². The number of hydrogen-bond donors (Lipinski definition) is 2. The number of halogens is 1. The van der Waals surface area contributed by atoms with Gasteiger partial charge >= 0.3 is 11.9 Å². The number of aromatic carboxylic acids is 1. The van der Waals surface area contributed by atoms with Gasteiger partial charge in [-0.05, 0) is 24.3 Å². The fourth-order valence-electron chi connectivity index (χ4n) is 0.966. The molecule has 78 valence electrons. The first-order chi connectivity index (χ1) is 7.00. The fraction of sp³-hybridized carbons (Fsp3) is 0. The van der Waals surface area contributed by atoms with Crippen molar-refractivity contribution in [2.45, 2.75) is 0 Å². The van der Waals surface area contributed by atoms with Crippen molar-refractivity contribution in [2.24, 2.45) is 0 Å². The van der Waals surface area contributed by atoms with Gasteiger partial charge in [-0.3, -0.25) is 0 Å². The summed E-state index contributed by atoms with van der Waals surface area (Å²) >= 11 is 0. The minimum Gasteiger partial charge on any atom is -0.478 e. The zero-order chi connectivity index (χ0) is 11.4. The van der Waals surface area contributed by atoms with Crippen LogP contribution in [0.1, 0.15) is 15.9 Å². The zero-order valence-corrected chi connectivity index (χ0v) is 7.48. The molecule has 0 aromatic heterocycles. The summed E-state index contributed by atoms with van der Waals surface area (Å²) in [4.78, 5) is 20.7. The first-order valence-electron chi connectivity index (χ1n) is 3.94. The van der Waals surface area contributed by atoms with Crippen LogP contribution in [0.25, 0.3) is 6.08 Å². The van der Waals surface area contributed by atoms with Gasteiger partial charge in [0.25, 0.3) is 0 Å². The summed E-state index contributed by atoms with van der Waals surface area (Å²) in [6.45, 7) is 0. The lowest BCUT2D eigenvalue weighted by atomic mass is 10.1. The van der Waals surface area contributed by atoms with Crippen LogP contribution in [0.15, 0.2) is 24.3 Å². The Morgan fingerprint density at radius 1 is 1.27 bits per heavy atom. The van der Waals surface area contributed by atoms with Gasteiger partial charge in [0.05, 0.1) is 5.56 Å². The molecular weight excluding hydrogens is 203 g/mol. The second-order valence-corrected chi connectivity index (χ2v) is 2.71. The highest BCUT2D eigenvalue weighted by Crippen LogP contribution is 2.12. The first-order valence-corrected chi connectivity index (χ1v) is 3.94. The fourth-order valence-corrected chi connectivity index (χ4v) is 0.966. The van der Waals surface area contributed by atoms with E-state index in [4.69, 9.17) is 10.2 Å². The number of carbonyl (C=O) groups is 2. The largest absolute Gasteiger partial charge is 0.478 e. The Balaban J connectivity index is 3.11. The highest BCUT2D eigenvalue weighted by Gasteiger charge is 2.06. The number of aliphatic carboxylic acids is 1. The molecule has 0 unspecified atom stereocenters. The maximum atomic E-state index is 13.0.